The summed E-state index contributed by atoms with van der Waals surface area (Å²) in [5.74, 6) is -1.93. The number of fused-ring (bicyclic) bond motifs is 1. The minimum Gasteiger partial charge on any atom is -0.335 e. The van der Waals surface area contributed by atoms with Crippen molar-refractivity contribution in [2.45, 2.75) is 18.9 Å². The number of hydrogen-bond donors (Lipinski definition) is 0. The third kappa shape index (κ3) is 2.42. The van der Waals surface area contributed by atoms with E-state index in [1.807, 2.05) is 24.3 Å². The van der Waals surface area contributed by atoms with Crippen molar-refractivity contribution in [3.63, 3.8) is 0 Å². The first kappa shape index (κ1) is 13.7. The smallest absolute Gasteiger partial charge is 0.257 e. The summed E-state index contributed by atoms with van der Waals surface area (Å²) in [5.41, 5.74) is 2.24. The highest BCUT2D eigenvalue weighted by molar-refractivity contribution is 5.94. The average Bonchev–Trinajstić information content (AvgIpc) is 2.90. The van der Waals surface area contributed by atoms with Crippen molar-refractivity contribution in [3.8, 4) is 0 Å². The number of hydrogen-bond acceptors (Lipinski definition) is 1. The Hall–Kier alpha value is -2.23. The van der Waals surface area contributed by atoms with E-state index in [0.717, 1.165) is 30.5 Å². The maximum Gasteiger partial charge on any atom is 0.257 e. The maximum absolute atomic E-state index is 13.8. The van der Waals surface area contributed by atoms with Gasteiger partial charge in [0.1, 0.15) is 11.6 Å². The van der Waals surface area contributed by atoms with Gasteiger partial charge in [-0.25, -0.2) is 8.78 Å². The van der Waals surface area contributed by atoms with Gasteiger partial charge in [0.2, 0.25) is 0 Å². The van der Waals surface area contributed by atoms with Crippen LogP contribution < -0.4 is 0 Å². The van der Waals surface area contributed by atoms with Gasteiger partial charge in [0.15, 0.2) is 0 Å². The van der Waals surface area contributed by atoms with E-state index < -0.39 is 17.5 Å². The van der Waals surface area contributed by atoms with Crippen molar-refractivity contribution >= 4 is 5.91 Å². The third-order valence-electron chi connectivity index (χ3n) is 4.05. The van der Waals surface area contributed by atoms with E-state index in [2.05, 4.69) is 0 Å². The molecule has 0 saturated carbocycles. The van der Waals surface area contributed by atoms with Crippen LogP contribution in [0.4, 0.5) is 8.78 Å². The second kappa shape index (κ2) is 5.28. The Morgan fingerprint density at radius 2 is 1.95 bits per heavy atom. The molecule has 0 aromatic heterocycles. The Labute approximate surface area is 122 Å². The average molecular weight is 287 g/mol. The van der Waals surface area contributed by atoms with Crippen LogP contribution in [0.5, 0.6) is 0 Å². The van der Waals surface area contributed by atoms with Crippen molar-refractivity contribution in [1.29, 1.82) is 0 Å². The largest absolute Gasteiger partial charge is 0.335 e. The number of nitrogens with zero attached hydrogens (tertiary/aromatic N) is 1. The normalized spacial score (nSPS) is 16.6. The molecule has 4 heteroatoms. The van der Waals surface area contributed by atoms with E-state index in [0.29, 0.717) is 0 Å². The molecular weight excluding hydrogens is 272 g/mol. The Balaban J connectivity index is 1.89. The fourth-order valence-electron chi connectivity index (χ4n) is 2.93. The van der Waals surface area contributed by atoms with Crippen molar-refractivity contribution in [2.24, 2.45) is 0 Å². The van der Waals surface area contributed by atoms with Gasteiger partial charge in [-0.2, -0.15) is 0 Å². The van der Waals surface area contributed by atoms with Gasteiger partial charge in [-0.15, -0.1) is 0 Å². The van der Waals surface area contributed by atoms with Crippen LogP contribution in [0.1, 0.15) is 33.9 Å². The van der Waals surface area contributed by atoms with Crippen molar-refractivity contribution in [2.75, 3.05) is 7.05 Å². The zero-order valence-electron chi connectivity index (χ0n) is 11.6. The molecule has 0 radical (unpaired) electrons. The van der Waals surface area contributed by atoms with E-state index in [9.17, 15) is 13.6 Å². The highest BCUT2D eigenvalue weighted by Crippen LogP contribution is 2.35. The molecule has 0 saturated heterocycles. The second-order valence-corrected chi connectivity index (χ2v) is 5.29. The molecule has 0 spiro atoms. The first-order chi connectivity index (χ1) is 10.1. The first-order valence-corrected chi connectivity index (χ1v) is 6.88. The molecule has 2 aromatic rings. The van der Waals surface area contributed by atoms with Gasteiger partial charge < -0.3 is 4.90 Å². The molecule has 2 nitrogen and oxygen atoms in total. The van der Waals surface area contributed by atoms with Gasteiger partial charge in [0.25, 0.3) is 5.91 Å². The number of benzene rings is 2. The van der Waals surface area contributed by atoms with E-state index in [4.69, 9.17) is 0 Å². The van der Waals surface area contributed by atoms with Crippen molar-refractivity contribution in [1.82, 2.24) is 4.90 Å². The molecule has 1 amide bonds. The topological polar surface area (TPSA) is 20.3 Å². The molecule has 1 unspecified atom stereocenters. The van der Waals surface area contributed by atoms with Gasteiger partial charge in [-0.3, -0.25) is 4.79 Å². The molecule has 2 aromatic carbocycles. The van der Waals surface area contributed by atoms with Crippen LogP contribution in [-0.2, 0) is 6.42 Å². The van der Waals surface area contributed by atoms with Crippen molar-refractivity contribution < 1.29 is 13.6 Å². The minimum absolute atomic E-state index is 0.0573. The minimum atomic E-state index is -0.821. The zero-order valence-corrected chi connectivity index (χ0v) is 11.6. The molecule has 3 rings (SSSR count). The molecule has 0 aliphatic heterocycles. The Morgan fingerprint density at radius 1 is 1.19 bits per heavy atom. The van der Waals surface area contributed by atoms with E-state index in [1.54, 1.807) is 11.9 Å². The van der Waals surface area contributed by atoms with Gasteiger partial charge >= 0.3 is 0 Å². The standard InChI is InChI=1S/C17H15F2NO/c1-20(16-9-6-11-4-2-3-5-13(11)16)17(21)14-8-7-12(18)10-15(14)19/h2-5,7-8,10,16H,6,9H2,1H3. The summed E-state index contributed by atoms with van der Waals surface area (Å²) < 4.78 is 26.7. The molecular formula is C17H15F2NO. The summed E-state index contributed by atoms with van der Waals surface area (Å²) in [6.45, 7) is 0. The Bertz CT molecular complexity index is 699. The number of carbonyl (C=O) groups excluding carboxylic acids is 1. The fraction of sp³-hybridized carbons (Fsp3) is 0.235. The first-order valence-electron chi connectivity index (χ1n) is 6.88. The summed E-state index contributed by atoms with van der Waals surface area (Å²) in [6.07, 6.45) is 1.73. The highest BCUT2D eigenvalue weighted by atomic mass is 19.1. The number of carbonyl (C=O) groups is 1. The van der Waals surface area contributed by atoms with Gasteiger partial charge in [0, 0.05) is 13.1 Å². The summed E-state index contributed by atoms with van der Waals surface area (Å²) >= 11 is 0. The molecule has 1 aliphatic rings. The molecule has 108 valence electrons. The molecule has 21 heavy (non-hydrogen) atoms. The maximum atomic E-state index is 13.8. The highest BCUT2D eigenvalue weighted by Gasteiger charge is 2.29. The van der Waals surface area contributed by atoms with Crippen LogP contribution >= 0.6 is 0 Å². The van der Waals surface area contributed by atoms with E-state index >= 15 is 0 Å². The SMILES string of the molecule is CN(C(=O)c1ccc(F)cc1F)C1CCc2ccccc21. The molecule has 0 fully saturated rings. The number of halogens is 2. The molecule has 1 atom stereocenters. The third-order valence-corrected chi connectivity index (χ3v) is 4.05. The van der Waals surface area contributed by atoms with Crippen LogP contribution in [0.2, 0.25) is 0 Å². The summed E-state index contributed by atoms with van der Waals surface area (Å²) in [7, 11) is 1.66. The molecule has 0 bridgehead atoms. The quantitative estimate of drug-likeness (QED) is 0.824. The van der Waals surface area contributed by atoms with Gasteiger partial charge in [0.05, 0.1) is 11.6 Å². The van der Waals surface area contributed by atoms with Gasteiger partial charge in [-0.1, -0.05) is 24.3 Å². The summed E-state index contributed by atoms with van der Waals surface area (Å²) in [5, 5.41) is 0. The van der Waals surface area contributed by atoms with Crippen molar-refractivity contribution in [3.05, 3.63) is 70.8 Å². The summed E-state index contributed by atoms with van der Waals surface area (Å²) in [4.78, 5) is 14.0. The lowest BCUT2D eigenvalue weighted by Gasteiger charge is -2.25. The van der Waals surface area contributed by atoms with Crippen LogP contribution in [0.25, 0.3) is 0 Å². The van der Waals surface area contributed by atoms with Gasteiger partial charge in [-0.05, 0) is 36.1 Å². The van der Waals surface area contributed by atoms with E-state index in [-0.39, 0.29) is 11.6 Å². The predicted molar refractivity (Wildman–Crippen MR) is 76.0 cm³/mol. The van der Waals surface area contributed by atoms with Crippen LogP contribution in [0.3, 0.4) is 0 Å². The number of rotatable bonds is 2. The monoisotopic (exact) mass is 287 g/mol. The molecule has 0 heterocycles. The molecule has 1 aliphatic carbocycles. The van der Waals surface area contributed by atoms with E-state index in [1.165, 1.54) is 11.6 Å². The van der Waals surface area contributed by atoms with Crippen LogP contribution in [-0.4, -0.2) is 17.9 Å². The summed E-state index contributed by atoms with van der Waals surface area (Å²) in [6, 6.07) is 10.9. The fourth-order valence-corrected chi connectivity index (χ4v) is 2.93. The number of amides is 1. The lowest BCUT2D eigenvalue weighted by Crippen LogP contribution is -2.30. The lowest BCUT2D eigenvalue weighted by atomic mass is 10.1. The van der Waals surface area contributed by atoms with Crippen LogP contribution in [0, 0.1) is 11.6 Å². The Morgan fingerprint density at radius 3 is 2.71 bits per heavy atom. The Kier molecular flexibility index (Phi) is 3.45. The predicted octanol–water partition coefficient (Wildman–Crippen LogP) is 3.72. The second-order valence-electron chi connectivity index (χ2n) is 5.29. The van der Waals surface area contributed by atoms with Crippen LogP contribution in [0.15, 0.2) is 42.5 Å². The zero-order chi connectivity index (χ0) is 15.0. The lowest BCUT2D eigenvalue weighted by molar-refractivity contribution is 0.0725. The molecule has 0 N–H and O–H groups in total. The number of aryl methyl sites for hydroxylation is 1.